The maximum absolute atomic E-state index is 4.37. The van der Waals surface area contributed by atoms with Gasteiger partial charge in [-0.15, -0.1) is 0 Å². The molecule has 0 fully saturated rings. The second-order valence-corrected chi connectivity index (χ2v) is 5.80. The normalized spacial score (nSPS) is 13.0. The molecule has 2 rings (SSSR count). The summed E-state index contributed by atoms with van der Waals surface area (Å²) in [7, 11) is 0. The summed E-state index contributed by atoms with van der Waals surface area (Å²) >= 11 is 0. The Hall–Kier alpha value is -1.62. The molecule has 0 bridgehead atoms. The van der Waals surface area contributed by atoms with Gasteiger partial charge in [0, 0.05) is 25.0 Å². The van der Waals surface area contributed by atoms with Crippen molar-refractivity contribution in [2.75, 3.05) is 6.54 Å². The number of nitrogens with zero attached hydrogens (tertiary/aromatic N) is 4. The van der Waals surface area contributed by atoms with E-state index in [0.29, 0.717) is 12.0 Å². The lowest BCUT2D eigenvalue weighted by Crippen LogP contribution is -2.25. The highest BCUT2D eigenvalue weighted by Gasteiger charge is 2.15. The van der Waals surface area contributed by atoms with Crippen molar-refractivity contribution < 1.29 is 0 Å². The number of rotatable bonds is 8. The van der Waals surface area contributed by atoms with Crippen molar-refractivity contribution in [3.63, 3.8) is 0 Å². The van der Waals surface area contributed by atoms with Crippen molar-refractivity contribution in [3.05, 3.63) is 36.2 Å². The fourth-order valence-electron chi connectivity index (χ4n) is 2.67. The predicted octanol–water partition coefficient (Wildman–Crippen LogP) is 2.84. The Morgan fingerprint density at radius 3 is 2.76 bits per heavy atom. The van der Waals surface area contributed by atoms with Crippen LogP contribution in [0.25, 0.3) is 0 Å². The molecule has 0 aliphatic heterocycles. The van der Waals surface area contributed by atoms with Crippen LogP contribution < -0.4 is 5.32 Å². The molecule has 0 aliphatic rings. The zero-order chi connectivity index (χ0) is 15.2. The standard InChI is InChI=1S/C16H27N5/c1-5-8-21-15(18-12-19-21)11-20-9-7-14(10-20)16(13(3)4)17-6-2/h7,9-10,12-13,16-17H,5-6,8,11H2,1-4H3. The first-order chi connectivity index (χ1) is 10.2. The summed E-state index contributed by atoms with van der Waals surface area (Å²) in [6, 6.07) is 2.61. The lowest BCUT2D eigenvalue weighted by Gasteiger charge is -2.20. The third kappa shape index (κ3) is 3.94. The molecule has 2 aromatic rings. The molecule has 0 saturated heterocycles. The van der Waals surface area contributed by atoms with Gasteiger partial charge in [-0.1, -0.05) is 27.7 Å². The van der Waals surface area contributed by atoms with Gasteiger partial charge in [0.2, 0.25) is 0 Å². The Morgan fingerprint density at radius 2 is 2.10 bits per heavy atom. The van der Waals surface area contributed by atoms with E-state index in [4.69, 9.17) is 0 Å². The molecule has 0 saturated carbocycles. The summed E-state index contributed by atoms with van der Waals surface area (Å²) < 4.78 is 4.18. The summed E-state index contributed by atoms with van der Waals surface area (Å²) in [5.74, 6) is 1.59. The van der Waals surface area contributed by atoms with Gasteiger partial charge in [0.25, 0.3) is 0 Å². The number of nitrogens with one attached hydrogen (secondary N) is 1. The molecule has 1 unspecified atom stereocenters. The summed E-state index contributed by atoms with van der Waals surface area (Å²) in [5, 5.41) is 7.84. The fraction of sp³-hybridized carbons (Fsp3) is 0.625. The Bertz CT molecular complexity index is 540. The minimum absolute atomic E-state index is 0.407. The van der Waals surface area contributed by atoms with E-state index in [1.807, 2.05) is 4.68 Å². The van der Waals surface area contributed by atoms with Crippen molar-refractivity contribution in [2.45, 2.75) is 53.2 Å². The molecule has 2 heterocycles. The number of hydrogen-bond donors (Lipinski definition) is 1. The molecular weight excluding hydrogens is 262 g/mol. The molecule has 0 spiro atoms. The molecule has 21 heavy (non-hydrogen) atoms. The molecular formula is C16H27N5. The first-order valence-electron chi connectivity index (χ1n) is 7.91. The zero-order valence-electron chi connectivity index (χ0n) is 13.6. The molecule has 116 valence electrons. The lowest BCUT2D eigenvalue weighted by molar-refractivity contribution is 0.421. The number of aryl methyl sites for hydroxylation is 1. The van der Waals surface area contributed by atoms with Crippen LogP contribution in [-0.4, -0.2) is 25.9 Å². The molecule has 5 nitrogen and oxygen atoms in total. The summed E-state index contributed by atoms with van der Waals surface area (Å²) in [6.07, 6.45) is 7.07. The minimum atomic E-state index is 0.407. The average molecular weight is 289 g/mol. The van der Waals surface area contributed by atoms with Gasteiger partial charge in [-0.05, 0) is 30.5 Å². The fourth-order valence-corrected chi connectivity index (χ4v) is 2.67. The van der Waals surface area contributed by atoms with E-state index in [-0.39, 0.29) is 0 Å². The van der Waals surface area contributed by atoms with E-state index in [2.05, 4.69) is 66.1 Å². The van der Waals surface area contributed by atoms with Crippen molar-refractivity contribution in [1.82, 2.24) is 24.6 Å². The Morgan fingerprint density at radius 1 is 1.29 bits per heavy atom. The van der Waals surface area contributed by atoms with Gasteiger partial charge in [-0.3, -0.25) is 0 Å². The van der Waals surface area contributed by atoms with Crippen LogP contribution >= 0.6 is 0 Å². The highest BCUT2D eigenvalue weighted by atomic mass is 15.3. The van der Waals surface area contributed by atoms with E-state index in [0.717, 1.165) is 31.9 Å². The largest absolute Gasteiger partial charge is 0.346 e. The molecule has 1 N–H and O–H groups in total. The van der Waals surface area contributed by atoms with Crippen molar-refractivity contribution in [3.8, 4) is 0 Å². The van der Waals surface area contributed by atoms with Gasteiger partial charge in [-0.2, -0.15) is 5.10 Å². The first kappa shape index (κ1) is 15.8. The zero-order valence-corrected chi connectivity index (χ0v) is 13.6. The van der Waals surface area contributed by atoms with E-state index in [1.54, 1.807) is 6.33 Å². The third-order valence-corrected chi connectivity index (χ3v) is 3.68. The molecule has 2 aromatic heterocycles. The van der Waals surface area contributed by atoms with Crippen LogP contribution in [0.2, 0.25) is 0 Å². The Labute approximate surface area is 127 Å². The summed E-state index contributed by atoms with van der Waals surface area (Å²) in [6.45, 7) is 11.5. The van der Waals surface area contributed by atoms with Crippen LogP contribution in [0.3, 0.4) is 0 Å². The molecule has 0 aromatic carbocycles. The van der Waals surface area contributed by atoms with Crippen LogP contribution in [0.1, 0.15) is 51.5 Å². The molecule has 0 amide bonds. The minimum Gasteiger partial charge on any atom is -0.346 e. The summed E-state index contributed by atoms with van der Waals surface area (Å²) in [5.41, 5.74) is 1.34. The van der Waals surface area contributed by atoms with Crippen molar-refractivity contribution in [1.29, 1.82) is 0 Å². The molecule has 5 heteroatoms. The van der Waals surface area contributed by atoms with E-state index in [1.165, 1.54) is 5.56 Å². The van der Waals surface area contributed by atoms with Crippen LogP contribution in [-0.2, 0) is 13.1 Å². The average Bonchev–Trinajstić information content (AvgIpc) is 3.07. The van der Waals surface area contributed by atoms with Crippen LogP contribution in [0.4, 0.5) is 0 Å². The van der Waals surface area contributed by atoms with Crippen LogP contribution in [0.15, 0.2) is 24.8 Å². The van der Waals surface area contributed by atoms with Gasteiger partial charge in [0.1, 0.15) is 12.2 Å². The summed E-state index contributed by atoms with van der Waals surface area (Å²) in [4.78, 5) is 4.37. The highest BCUT2D eigenvalue weighted by Crippen LogP contribution is 2.22. The van der Waals surface area contributed by atoms with E-state index in [9.17, 15) is 0 Å². The van der Waals surface area contributed by atoms with Crippen molar-refractivity contribution in [2.24, 2.45) is 5.92 Å². The van der Waals surface area contributed by atoms with Crippen molar-refractivity contribution >= 4 is 0 Å². The first-order valence-corrected chi connectivity index (χ1v) is 7.91. The molecule has 0 radical (unpaired) electrons. The Balaban J connectivity index is 2.10. The Kier molecular flexibility index (Phi) is 5.56. The smallest absolute Gasteiger partial charge is 0.146 e. The second kappa shape index (κ2) is 7.41. The maximum Gasteiger partial charge on any atom is 0.146 e. The predicted molar refractivity (Wildman–Crippen MR) is 85.1 cm³/mol. The molecule has 1 atom stereocenters. The molecule has 0 aliphatic carbocycles. The van der Waals surface area contributed by atoms with Crippen LogP contribution in [0.5, 0.6) is 0 Å². The topological polar surface area (TPSA) is 47.7 Å². The monoisotopic (exact) mass is 289 g/mol. The van der Waals surface area contributed by atoms with E-state index < -0.39 is 0 Å². The van der Waals surface area contributed by atoms with Gasteiger partial charge < -0.3 is 9.88 Å². The second-order valence-electron chi connectivity index (χ2n) is 5.80. The van der Waals surface area contributed by atoms with Gasteiger partial charge in [-0.25, -0.2) is 9.67 Å². The quantitative estimate of drug-likeness (QED) is 0.813. The van der Waals surface area contributed by atoms with Gasteiger partial charge in [0.15, 0.2) is 0 Å². The number of aromatic nitrogens is 4. The number of hydrogen-bond acceptors (Lipinski definition) is 3. The maximum atomic E-state index is 4.37. The van der Waals surface area contributed by atoms with E-state index >= 15 is 0 Å². The highest BCUT2D eigenvalue weighted by molar-refractivity contribution is 5.16. The lowest BCUT2D eigenvalue weighted by atomic mass is 9.98. The van der Waals surface area contributed by atoms with Crippen LogP contribution in [0, 0.1) is 5.92 Å². The third-order valence-electron chi connectivity index (χ3n) is 3.68. The SMILES string of the molecule is CCCn1ncnc1Cn1ccc(C(NCC)C(C)C)c1. The van der Waals surface area contributed by atoms with Gasteiger partial charge in [0.05, 0.1) is 6.54 Å². The van der Waals surface area contributed by atoms with Gasteiger partial charge >= 0.3 is 0 Å².